The molecule has 1 aliphatic heterocycles. The molecule has 2 amide bonds. The molecule has 1 heterocycles. The van der Waals surface area contributed by atoms with Crippen LogP contribution in [0.25, 0.3) is 0 Å². The zero-order valence-electron chi connectivity index (χ0n) is 16.1. The maximum atomic E-state index is 12.7. The van der Waals surface area contributed by atoms with Crippen molar-refractivity contribution in [3.63, 3.8) is 0 Å². The highest BCUT2D eigenvalue weighted by atomic mass is 16.5. The SMILES string of the molecule is O=C(Nc1ccc(CN2CCOCC2)cc1)NC12CC3CC(CC(C3)C1)C2. The Morgan fingerprint density at radius 1 is 1.00 bits per heavy atom. The Kier molecular flexibility index (Phi) is 4.60. The summed E-state index contributed by atoms with van der Waals surface area (Å²) in [4.78, 5) is 15.1. The molecular weight excluding hydrogens is 338 g/mol. The number of benzene rings is 1. The van der Waals surface area contributed by atoms with E-state index in [2.05, 4.69) is 27.7 Å². The minimum absolute atomic E-state index is 0.0297. The molecule has 0 atom stereocenters. The second kappa shape index (κ2) is 7.10. The molecule has 0 unspecified atom stereocenters. The molecule has 4 aliphatic carbocycles. The first-order chi connectivity index (χ1) is 13.2. The van der Waals surface area contributed by atoms with Gasteiger partial charge in [-0.2, -0.15) is 0 Å². The van der Waals surface area contributed by atoms with Gasteiger partial charge in [0.1, 0.15) is 0 Å². The Labute approximate surface area is 161 Å². The molecule has 2 N–H and O–H groups in total. The van der Waals surface area contributed by atoms with Crippen molar-refractivity contribution in [2.24, 2.45) is 17.8 Å². The summed E-state index contributed by atoms with van der Waals surface area (Å²) in [5.41, 5.74) is 2.22. The average molecular weight is 370 g/mol. The number of morpholine rings is 1. The molecule has 27 heavy (non-hydrogen) atoms. The van der Waals surface area contributed by atoms with Crippen LogP contribution in [0.4, 0.5) is 10.5 Å². The first kappa shape index (κ1) is 17.5. The zero-order chi connectivity index (χ0) is 18.3. The number of carbonyl (C=O) groups excluding carboxylic acids is 1. The van der Waals surface area contributed by atoms with Crippen molar-refractivity contribution in [2.45, 2.75) is 50.6 Å². The van der Waals surface area contributed by atoms with E-state index in [4.69, 9.17) is 4.74 Å². The topological polar surface area (TPSA) is 53.6 Å². The van der Waals surface area contributed by atoms with Crippen molar-refractivity contribution in [3.05, 3.63) is 29.8 Å². The van der Waals surface area contributed by atoms with E-state index < -0.39 is 0 Å². The van der Waals surface area contributed by atoms with Gasteiger partial charge in [-0.3, -0.25) is 4.90 Å². The van der Waals surface area contributed by atoms with Crippen molar-refractivity contribution < 1.29 is 9.53 Å². The zero-order valence-corrected chi connectivity index (χ0v) is 16.1. The molecule has 4 saturated carbocycles. The Bertz CT molecular complexity index is 646. The Balaban J connectivity index is 1.16. The minimum atomic E-state index is -0.0297. The third-order valence-corrected chi connectivity index (χ3v) is 7.14. The smallest absolute Gasteiger partial charge is 0.319 e. The van der Waals surface area contributed by atoms with E-state index in [9.17, 15) is 4.79 Å². The lowest BCUT2D eigenvalue weighted by Crippen LogP contribution is -2.60. The fourth-order valence-corrected chi connectivity index (χ4v) is 6.38. The molecule has 5 heteroatoms. The number of nitrogens with zero attached hydrogens (tertiary/aromatic N) is 1. The first-order valence-corrected chi connectivity index (χ1v) is 10.6. The van der Waals surface area contributed by atoms with Crippen molar-refractivity contribution in [2.75, 3.05) is 31.6 Å². The van der Waals surface area contributed by atoms with Gasteiger partial charge in [0.05, 0.1) is 13.2 Å². The van der Waals surface area contributed by atoms with Gasteiger partial charge >= 0.3 is 6.03 Å². The molecule has 0 radical (unpaired) electrons. The molecule has 1 aromatic rings. The summed E-state index contributed by atoms with van der Waals surface area (Å²) in [6, 6.07) is 8.26. The van der Waals surface area contributed by atoms with E-state index in [1.807, 2.05) is 12.1 Å². The first-order valence-electron chi connectivity index (χ1n) is 10.6. The summed E-state index contributed by atoms with van der Waals surface area (Å²) >= 11 is 0. The van der Waals surface area contributed by atoms with E-state index in [0.717, 1.165) is 56.3 Å². The van der Waals surface area contributed by atoms with Crippen LogP contribution in [0.3, 0.4) is 0 Å². The Morgan fingerprint density at radius 2 is 1.59 bits per heavy atom. The van der Waals surface area contributed by atoms with Gasteiger partial charge in [0, 0.05) is 30.9 Å². The van der Waals surface area contributed by atoms with Crippen molar-refractivity contribution in [3.8, 4) is 0 Å². The van der Waals surface area contributed by atoms with Gasteiger partial charge in [0.25, 0.3) is 0 Å². The number of anilines is 1. The number of urea groups is 1. The molecule has 4 bridgehead atoms. The average Bonchev–Trinajstić information content (AvgIpc) is 2.62. The number of rotatable bonds is 4. The third kappa shape index (κ3) is 3.85. The molecule has 146 valence electrons. The van der Waals surface area contributed by atoms with Gasteiger partial charge < -0.3 is 15.4 Å². The van der Waals surface area contributed by atoms with Crippen molar-refractivity contribution in [1.29, 1.82) is 0 Å². The lowest BCUT2D eigenvalue weighted by atomic mass is 9.53. The molecule has 0 aromatic heterocycles. The lowest BCUT2D eigenvalue weighted by Gasteiger charge is -2.56. The van der Waals surface area contributed by atoms with Crippen LogP contribution < -0.4 is 10.6 Å². The van der Waals surface area contributed by atoms with E-state index in [-0.39, 0.29) is 11.6 Å². The molecule has 1 saturated heterocycles. The van der Waals surface area contributed by atoms with Crippen molar-refractivity contribution in [1.82, 2.24) is 10.2 Å². The fourth-order valence-electron chi connectivity index (χ4n) is 6.38. The number of hydrogen-bond donors (Lipinski definition) is 2. The van der Waals surface area contributed by atoms with Crippen LogP contribution >= 0.6 is 0 Å². The van der Waals surface area contributed by atoms with Gasteiger partial charge in [0.2, 0.25) is 0 Å². The number of ether oxygens (including phenoxy) is 1. The monoisotopic (exact) mass is 369 g/mol. The van der Waals surface area contributed by atoms with Gasteiger partial charge in [0.15, 0.2) is 0 Å². The van der Waals surface area contributed by atoms with Crippen molar-refractivity contribution >= 4 is 11.7 Å². The molecular formula is C22H31N3O2. The molecule has 6 rings (SSSR count). The number of hydrogen-bond acceptors (Lipinski definition) is 3. The molecule has 5 nitrogen and oxygen atoms in total. The molecule has 5 fully saturated rings. The van der Waals surface area contributed by atoms with Gasteiger partial charge in [-0.05, 0) is 74.0 Å². The Hall–Kier alpha value is -1.59. The van der Waals surface area contributed by atoms with Crippen LogP contribution in [0, 0.1) is 17.8 Å². The van der Waals surface area contributed by atoms with E-state index in [0.29, 0.717) is 0 Å². The van der Waals surface area contributed by atoms with E-state index >= 15 is 0 Å². The second-order valence-corrected chi connectivity index (χ2v) is 9.36. The highest BCUT2D eigenvalue weighted by Crippen LogP contribution is 2.55. The van der Waals surface area contributed by atoms with Crippen LogP contribution in [-0.2, 0) is 11.3 Å². The quantitative estimate of drug-likeness (QED) is 0.852. The number of amides is 2. The summed E-state index contributed by atoms with van der Waals surface area (Å²) in [7, 11) is 0. The van der Waals surface area contributed by atoms with Crippen LogP contribution in [0.2, 0.25) is 0 Å². The van der Waals surface area contributed by atoms with Gasteiger partial charge in [-0.25, -0.2) is 4.79 Å². The van der Waals surface area contributed by atoms with Crippen LogP contribution in [-0.4, -0.2) is 42.8 Å². The predicted octanol–water partition coefficient (Wildman–Crippen LogP) is 3.61. The molecule has 5 aliphatic rings. The normalized spacial score (nSPS) is 35.2. The van der Waals surface area contributed by atoms with E-state index in [1.165, 1.54) is 44.1 Å². The molecule has 1 aromatic carbocycles. The summed E-state index contributed by atoms with van der Waals surface area (Å²) < 4.78 is 5.40. The molecule has 0 spiro atoms. The summed E-state index contributed by atoms with van der Waals surface area (Å²) in [5.74, 6) is 2.53. The highest BCUT2D eigenvalue weighted by Gasteiger charge is 2.51. The predicted molar refractivity (Wildman–Crippen MR) is 106 cm³/mol. The number of carbonyl (C=O) groups is 1. The van der Waals surface area contributed by atoms with Crippen LogP contribution in [0.15, 0.2) is 24.3 Å². The number of nitrogens with one attached hydrogen (secondary N) is 2. The maximum absolute atomic E-state index is 12.7. The summed E-state index contributed by atoms with van der Waals surface area (Å²) in [5, 5.41) is 6.45. The minimum Gasteiger partial charge on any atom is -0.379 e. The fraction of sp³-hybridized carbons (Fsp3) is 0.682. The van der Waals surface area contributed by atoms with Crippen LogP contribution in [0.5, 0.6) is 0 Å². The van der Waals surface area contributed by atoms with E-state index in [1.54, 1.807) is 0 Å². The van der Waals surface area contributed by atoms with Crippen LogP contribution in [0.1, 0.15) is 44.1 Å². The summed E-state index contributed by atoms with van der Waals surface area (Å²) in [6.45, 7) is 4.58. The Morgan fingerprint density at radius 3 is 2.19 bits per heavy atom. The summed E-state index contributed by atoms with van der Waals surface area (Å²) in [6.07, 6.45) is 7.74. The standard InChI is InChI=1S/C22H31N3O2/c26-21(24-22-12-17-9-18(13-22)11-19(10-17)14-22)23-20-3-1-16(2-4-20)15-25-5-7-27-8-6-25/h1-4,17-19H,5-15H2,(H2,23,24,26). The van der Waals surface area contributed by atoms with Gasteiger partial charge in [-0.15, -0.1) is 0 Å². The second-order valence-electron chi connectivity index (χ2n) is 9.36. The maximum Gasteiger partial charge on any atom is 0.319 e. The lowest BCUT2D eigenvalue weighted by molar-refractivity contribution is -0.0127. The largest absolute Gasteiger partial charge is 0.379 e. The highest BCUT2D eigenvalue weighted by molar-refractivity contribution is 5.89. The third-order valence-electron chi connectivity index (χ3n) is 7.14. The van der Waals surface area contributed by atoms with Gasteiger partial charge in [-0.1, -0.05) is 12.1 Å².